The van der Waals surface area contributed by atoms with Crippen molar-refractivity contribution in [2.75, 3.05) is 0 Å². The van der Waals surface area contributed by atoms with E-state index in [9.17, 15) is 19.4 Å². The van der Waals surface area contributed by atoms with Gasteiger partial charge in [0.05, 0.1) is 30.0 Å². The number of carbonyl (C=O) groups is 1. The molecule has 0 amide bonds. The van der Waals surface area contributed by atoms with Crippen LogP contribution in [-0.4, -0.2) is 43.5 Å². The van der Waals surface area contributed by atoms with Crippen molar-refractivity contribution in [3.63, 3.8) is 0 Å². The van der Waals surface area contributed by atoms with Crippen molar-refractivity contribution < 1.29 is 24.5 Å². The minimum atomic E-state index is -1.17. The van der Waals surface area contributed by atoms with Gasteiger partial charge in [-0.05, 0) is 30.2 Å². The number of aliphatic hydroxyl groups excluding tert-OH is 2. The van der Waals surface area contributed by atoms with Crippen LogP contribution in [0.5, 0.6) is 0 Å². The van der Waals surface area contributed by atoms with E-state index in [4.69, 9.17) is 15.1 Å². The average Bonchev–Trinajstić information content (AvgIpc) is 2.77. The molecule has 172 valence electrons. The van der Waals surface area contributed by atoms with Crippen LogP contribution in [0.1, 0.15) is 43.9 Å². The highest BCUT2D eigenvalue weighted by Crippen LogP contribution is 2.32. The Kier molecular flexibility index (Phi) is 8.03. The monoisotopic (exact) mass is 450 g/mol. The molecule has 1 unspecified atom stereocenters. The first-order chi connectivity index (χ1) is 15.7. The van der Waals surface area contributed by atoms with Crippen LogP contribution in [-0.2, 0) is 4.79 Å². The van der Waals surface area contributed by atoms with Gasteiger partial charge in [-0.2, -0.15) is 0 Å². The SMILES string of the molecule is CC(C)c1nc(-c2ccccc2)nc(-c2ccc(F)cc2)c1/C=C/C(O)C[C@@H](O)CC(=O)O. The van der Waals surface area contributed by atoms with Crippen LogP contribution >= 0.6 is 0 Å². The maximum atomic E-state index is 13.6. The Morgan fingerprint density at radius 3 is 2.27 bits per heavy atom. The molecule has 6 nitrogen and oxygen atoms in total. The Bertz CT molecular complexity index is 1120. The fourth-order valence-electron chi connectivity index (χ4n) is 3.48. The molecule has 0 fully saturated rings. The lowest BCUT2D eigenvalue weighted by Gasteiger charge is -2.17. The molecular weight excluding hydrogens is 423 g/mol. The van der Waals surface area contributed by atoms with Gasteiger partial charge in [-0.25, -0.2) is 14.4 Å². The van der Waals surface area contributed by atoms with Gasteiger partial charge in [-0.3, -0.25) is 4.79 Å². The van der Waals surface area contributed by atoms with E-state index >= 15 is 0 Å². The van der Waals surface area contributed by atoms with Gasteiger partial charge >= 0.3 is 5.97 Å². The van der Waals surface area contributed by atoms with Crippen molar-refractivity contribution in [2.24, 2.45) is 0 Å². The lowest BCUT2D eigenvalue weighted by atomic mass is 9.96. The van der Waals surface area contributed by atoms with Crippen LogP contribution in [0, 0.1) is 5.82 Å². The predicted molar refractivity (Wildman–Crippen MR) is 125 cm³/mol. The van der Waals surface area contributed by atoms with Crippen LogP contribution in [0.25, 0.3) is 28.7 Å². The zero-order valence-electron chi connectivity index (χ0n) is 18.5. The molecule has 0 spiro atoms. The smallest absolute Gasteiger partial charge is 0.305 e. The highest BCUT2D eigenvalue weighted by Gasteiger charge is 2.19. The van der Waals surface area contributed by atoms with E-state index in [-0.39, 0.29) is 18.2 Å². The molecule has 0 aliphatic heterocycles. The second-order valence-corrected chi connectivity index (χ2v) is 8.14. The van der Waals surface area contributed by atoms with Gasteiger partial charge in [0.1, 0.15) is 5.82 Å². The molecule has 1 aromatic heterocycles. The zero-order valence-corrected chi connectivity index (χ0v) is 18.5. The molecule has 2 atom stereocenters. The third-order valence-corrected chi connectivity index (χ3v) is 5.08. The van der Waals surface area contributed by atoms with Gasteiger partial charge in [-0.15, -0.1) is 0 Å². The summed E-state index contributed by atoms with van der Waals surface area (Å²) < 4.78 is 13.6. The van der Waals surface area contributed by atoms with Gasteiger partial charge < -0.3 is 15.3 Å². The number of halogens is 1. The fourth-order valence-corrected chi connectivity index (χ4v) is 3.48. The van der Waals surface area contributed by atoms with Crippen LogP contribution in [0.15, 0.2) is 60.7 Å². The normalized spacial score (nSPS) is 13.4. The predicted octanol–water partition coefficient (Wildman–Crippen LogP) is 4.67. The maximum absolute atomic E-state index is 13.6. The number of aliphatic carboxylic acids is 1. The van der Waals surface area contributed by atoms with E-state index in [1.54, 1.807) is 18.2 Å². The third kappa shape index (κ3) is 6.54. The van der Waals surface area contributed by atoms with Crippen LogP contribution < -0.4 is 0 Å². The summed E-state index contributed by atoms with van der Waals surface area (Å²) in [5.41, 5.74) is 3.54. The quantitative estimate of drug-likeness (QED) is 0.438. The zero-order chi connectivity index (χ0) is 24.0. The number of aromatic nitrogens is 2. The van der Waals surface area contributed by atoms with Crippen LogP contribution in [0.3, 0.4) is 0 Å². The number of nitrogens with zero attached hydrogens (tertiary/aromatic N) is 2. The lowest BCUT2D eigenvalue weighted by Crippen LogP contribution is -2.19. The molecule has 2 aromatic carbocycles. The minimum Gasteiger partial charge on any atom is -0.481 e. The summed E-state index contributed by atoms with van der Waals surface area (Å²) in [6, 6.07) is 15.5. The highest BCUT2D eigenvalue weighted by atomic mass is 19.1. The van der Waals surface area contributed by atoms with Gasteiger partial charge in [0.15, 0.2) is 5.82 Å². The van der Waals surface area contributed by atoms with Gasteiger partial charge in [-0.1, -0.05) is 56.3 Å². The second-order valence-electron chi connectivity index (χ2n) is 8.14. The molecule has 0 radical (unpaired) electrons. The number of rotatable bonds is 9. The van der Waals surface area contributed by atoms with E-state index in [0.717, 1.165) is 11.3 Å². The van der Waals surface area contributed by atoms with Gasteiger partial charge in [0.2, 0.25) is 0 Å². The molecule has 0 aliphatic carbocycles. The first-order valence-corrected chi connectivity index (χ1v) is 10.7. The van der Waals surface area contributed by atoms with Crippen molar-refractivity contribution in [1.82, 2.24) is 9.97 Å². The average molecular weight is 451 g/mol. The molecule has 7 heteroatoms. The highest BCUT2D eigenvalue weighted by molar-refractivity contribution is 5.76. The van der Waals surface area contributed by atoms with E-state index in [0.29, 0.717) is 22.6 Å². The molecule has 1 heterocycles. The molecular formula is C26H27FN2O4. The number of aliphatic hydroxyl groups is 2. The summed E-state index contributed by atoms with van der Waals surface area (Å²) in [5.74, 6) is -0.943. The van der Waals surface area contributed by atoms with Crippen molar-refractivity contribution >= 4 is 12.0 Å². The summed E-state index contributed by atoms with van der Waals surface area (Å²) in [5, 5.41) is 28.9. The second kappa shape index (κ2) is 10.9. The van der Waals surface area contributed by atoms with E-state index < -0.39 is 24.6 Å². The molecule has 3 rings (SSSR count). The third-order valence-electron chi connectivity index (χ3n) is 5.08. The maximum Gasteiger partial charge on any atom is 0.305 e. The Labute approximate surface area is 192 Å². The summed E-state index contributed by atoms with van der Waals surface area (Å²) in [6.07, 6.45) is 0.382. The number of hydrogen-bond acceptors (Lipinski definition) is 5. The van der Waals surface area contributed by atoms with E-state index in [1.165, 1.54) is 18.2 Å². The van der Waals surface area contributed by atoms with Gasteiger partial charge in [0, 0.05) is 23.1 Å². The van der Waals surface area contributed by atoms with Crippen molar-refractivity contribution in [2.45, 2.75) is 44.8 Å². The molecule has 0 saturated heterocycles. The largest absolute Gasteiger partial charge is 0.481 e. The Morgan fingerprint density at radius 1 is 1.00 bits per heavy atom. The lowest BCUT2D eigenvalue weighted by molar-refractivity contribution is -0.139. The molecule has 3 aromatic rings. The summed E-state index contributed by atoms with van der Waals surface area (Å²) in [6.45, 7) is 3.99. The van der Waals surface area contributed by atoms with Crippen molar-refractivity contribution in [3.05, 3.63) is 77.7 Å². The Morgan fingerprint density at radius 2 is 1.67 bits per heavy atom. The first-order valence-electron chi connectivity index (χ1n) is 10.7. The van der Waals surface area contributed by atoms with Gasteiger partial charge in [0.25, 0.3) is 0 Å². The van der Waals surface area contributed by atoms with Crippen molar-refractivity contribution in [3.8, 4) is 22.6 Å². The number of carboxylic acids is 1. The fraction of sp³-hybridized carbons (Fsp3) is 0.269. The number of benzene rings is 2. The van der Waals surface area contributed by atoms with Crippen LogP contribution in [0.2, 0.25) is 0 Å². The summed E-state index contributed by atoms with van der Waals surface area (Å²) in [7, 11) is 0. The molecule has 0 bridgehead atoms. The Hall–Kier alpha value is -3.42. The molecule has 33 heavy (non-hydrogen) atoms. The van der Waals surface area contributed by atoms with E-state index in [2.05, 4.69) is 0 Å². The molecule has 0 aliphatic rings. The van der Waals surface area contributed by atoms with Crippen LogP contribution in [0.4, 0.5) is 4.39 Å². The Balaban J connectivity index is 2.08. The molecule has 3 N–H and O–H groups in total. The topological polar surface area (TPSA) is 104 Å². The minimum absolute atomic E-state index is 0.0176. The molecule has 0 saturated carbocycles. The number of carboxylic acid groups (broad SMARTS) is 1. The number of hydrogen-bond donors (Lipinski definition) is 3. The first kappa shape index (κ1) is 24.2. The standard InChI is InChI=1S/C26H27FN2O4/c1-16(2)24-22(13-12-20(30)14-21(31)15-23(32)33)25(17-8-10-19(27)11-9-17)29-26(28-24)18-6-4-3-5-7-18/h3-13,16,20-21,30-31H,14-15H2,1-2H3,(H,32,33)/b13-12+/t20?,21-/m1/s1. The van der Waals surface area contributed by atoms with Crippen molar-refractivity contribution in [1.29, 1.82) is 0 Å². The summed E-state index contributed by atoms with van der Waals surface area (Å²) >= 11 is 0. The summed E-state index contributed by atoms with van der Waals surface area (Å²) in [4.78, 5) is 20.3. The van der Waals surface area contributed by atoms with E-state index in [1.807, 2.05) is 44.2 Å².